The van der Waals surface area contributed by atoms with Gasteiger partial charge in [0.15, 0.2) is 0 Å². The summed E-state index contributed by atoms with van der Waals surface area (Å²) in [5.74, 6) is 5.98. The van der Waals surface area contributed by atoms with Crippen molar-refractivity contribution >= 4 is 16.7 Å². The first-order valence-electron chi connectivity index (χ1n) is 7.59. The number of hydrogen-bond acceptors (Lipinski definition) is 1. The molecule has 1 amide bonds. The number of benzene rings is 3. The second-order valence-corrected chi connectivity index (χ2v) is 5.30. The second kappa shape index (κ2) is 7.29. The molecule has 23 heavy (non-hydrogen) atoms. The van der Waals surface area contributed by atoms with Crippen LogP contribution in [0.25, 0.3) is 10.8 Å². The van der Waals surface area contributed by atoms with Crippen LogP contribution in [0.4, 0.5) is 0 Å². The van der Waals surface area contributed by atoms with Gasteiger partial charge in [-0.05, 0) is 28.5 Å². The number of amides is 1. The lowest BCUT2D eigenvalue weighted by molar-refractivity contribution is -0.120. The minimum Gasteiger partial charge on any atom is -0.345 e. The Morgan fingerprint density at radius 3 is 2.43 bits per heavy atom. The van der Waals surface area contributed by atoms with Crippen molar-refractivity contribution in [2.75, 3.05) is 6.54 Å². The van der Waals surface area contributed by atoms with E-state index in [1.165, 1.54) is 5.39 Å². The predicted octanol–water partition coefficient (Wildman–Crippen LogP) is 3.55. The maximum Gasteiger partial charge on any atom is 0.225 e. The molecule has 2 nitrogen and oxygen atoms in total. The summed E-state index contributed by atoms with van der Waals surface area (Å²) in [6, 6.07) is 24.0. The van der Waals surface area contributed by atoms with E-state index in [2.05, 4.69) is 35.4 Å². The van der Waals surface area contributed by atoms with Crippen molar-refractivity contribution in [2.45, 2.75) is 6.42 Å². The van der Waals surface area contributed by atoms with Crippen LogP contribution >= 0.6 is 0 Å². The van der Waals surface area contributed by atoms with E-state index in [1.54, 1.807) is 0 Å². The number of hydrogen-bond donors (Lipinski definition) is 1. The van der Waals surface area contributed by atoms with Crippen LogP contribution in [0.1, 0.15) is 11.1 Å². The minimum absolute atomic E-state index is 0.0114. The monoisotopic (exact) mass is 299 g/mol. The maximum atomic E-state index is 12.0. The van der Waals surface area contributed by atoms with Gasteiger partial charge in [0.05, 0.1) is 13.0 Å². The number of rotatable bonds is 3. The van der Waals surface area contributed by atoms with Crippen molar-refractivity contribution in [3.63, 3.8) is 0 Å². The molecule has 0 radical (unpaired) electrons. The molecule has 2 heteroatoms. The van der Waals surface area contributed by atoms with Crippen LogP contribution in [-0.4, -0.2) is 12.5 Å². The third-order valence-corrected chi connectivity index (χ3v) is 3.56. The van der Waals surface area contributed by atoms with Crippen molar-refractivity contribution in [2.24, 2.45) is 0 Å². The molecule has 0 fully saturated rings. The number of carbonyl (C=O) groups excluding carboxylic acids is 1. The Kier molecular flexibility index (Phi) is 4.71. The lowest BCUT2D eigenvalue weighted by Gasteiger charge is -2.04. The van der Waals surface area contributed by atoms with Gasteiger partial charge in [0.2, 0.25) is 5.91 Å². The van der Waals surface area contributed by atoms with Crippen LogP contribution < -0.4 is 5.32 Å². The average molecular weight is 299 g/mol. The topological polar surface area (TPSA) is 29.1 Å². The molecule has 112 valence electrons. The molecule has 3 aromatic rings. The Balaban J connectivity index is 1.55. The molecule has 0 saturated heterocycles. The number of fused-ring (bicyclic) bond motifs is 1. The van der Waals surface area contributed by atoms with Crippen LogP contribution in [0.15, 0.2) is 72.8 Å². The summed E-state index contributed by atoms with van der Waals surface area (Å²) < 4.78 is 0. The van der Waals surface area contributed by atoms with Gasteiger partial charge in [-0.25, -0.2) is 0 Å². The molecule has 1 N–H and O–H groups in total. The SMILES string of the molecule is O=C(Cc1ccc2ccccc2c1)NCC#Cc1ccccc1. The zero-order chi connectivity index (χ0) is 15.9. The van der Waals surface area contributed by atoms with Crippen LogP contribution in [-0.2, 0) is 11.2 Å². The lowest BCUT2D eigenvalue weighted by Crippen LogP contribution is -2.25. The Morgan fingerprint density at radius 2 is 1.61 bits per heavy atom. The highest BCUT2D eigenvalue weighted by Gasteiger charge is 2.03. The highest BCUT2D eigenvalue weighted by Crippen LogP contribution is 2.15. The molecule has 0 heterocycles. The van der Waals surface area contributed by atoms with Crippen LogP contribution in [0.2, 0.25) is 0 Å². The molecule has 0 aliphatic carbocycles. The van der Waals surface area contributed by atoms with Gasteiger partial charge in [-0.1, -0.05) is 72.5 Å². The van der Waals surface area contributed by atoms with Gasteiger partial charge in [0.25, 0.3) is 0 Å². The van der Waals surface area contributed by atoms with Crippen molar-refractivity contribution < 1.29 is 4.79 Å². The van der Waals surface area contributed by atoms with Gasteiger partial charge in [-0.15, -0.1) is 0 Å². The molecule has 0 spiro atoms. The minimum atomic E-state index is -0.0114. The molecule has 0 bridgehead atoms. The highest BCUT2D eigenvalue weighted by atomic mass is 16.1. The Bertz CT molecular complexity index is 872. The average Bonchev–Trinajstić information content (AvgIpc) is 2.59. The zero-order valence-electron chi connectivity index (χ0n) is 12.8. The molecule has 0 aliphatic heterocycles. The van der Waals surface area contributed by atoms with E-state index in [-0.39, 0.29) is 5.91 Å². The molecule has 3 aromatic carbocycles. The van der Waals surface area contributed by atoms with Gasteiger partial charge in [0, 0.05) is 5.56 Å². The van der Waals surface area contributed by atoms with Crippen molar-refractivity contribution in [1.82, 2.24) is 5.32 Å². The van der Waals surface area contributed by atoms with Crippen molar-refractivity contribution in [3.8, 4) is 11.8 Å². The quantitative estimate of drug-likeness (QED) is 0.736. The van der Waals surface area contributed by atoms with Gasteiger partial charge < -0.3 is 5.32 Å². The molecular formula is C21H17NO. The van der Waals surface area contributed by atoms with E-state index >= 15 is 0 Å². The molecule has 0 unspecified atom stereocenters. The summed E-state index contributed by atoms with van der Waals surface area (Å²) in [5.41, 5.74) is 1.97. The summed E-state index contributed by atoms with van der Waals surface area (Å²) in [7, 11) is 0. The number of nitrogens with one attached hydrogen (secondary N) is 1. The first-order chi connectivity index (χ1) is 11.3. The molecule has 0 saturated carbocycles. The van der Waals surface area contributed by atoms with Crippen molar-refractivity contribution in [1.29, 1.82) is 0 Å². The molecular weight excluding hydrogens is 282 g/mol. The summed E-state index contributed by atoms with van der Waals surface area (Å²) in [6.07, 6.45) is 0.373. The van der Waals surface area contributed by atoms with Crippen LogP contribution in [0.5, 0.6) is 0 Å². The third-order valence-electron chi connectivity index (χ3n) is 3.56. The summed E-state index contributed by atoms with van der Waals surface area (Å²) in [4.78, 5) is 12.0. The maximum absolute atomic E-state index is 12.0. The van der Waals surface area contributed by atoms with Crippen LogP contribution in [0.3, 0.4) is 0 Å². The molecule has 3 rings (SSSR count). The predicted molar refractivity (Wildman–Crippen MR) is 94.0 cm³/mol. The first kappa shape index (κ1) is 14.9. The van der Waals surface area contributed by atoms with E-state index in [0.29, 0.717) is 13.0 Å². The van der Waals surface area contributed by atoms with E-state index < -0.39 is 0 Å². The van der Waals surface area contributed by atoms with Gasteiger partial charge in [-0.2, -0.15) is 0 Å². The van der Waals surface area contributed by atoms with Gasteiger partial charge in [0.1, 0.15) is 0 Å². The van der Waals surface area contributed by atoms with E-state index in [1.807, 2.05) is 54.6 Å². The fourth-order valence-electron chi connectivity index (χ4n) is 2.41. The van der Waals surface area contributed by atoms with E-state index in [4.69, 9.17) is 0 Å². The highest BCUT2D eigenvalue weighted by molar-refractivity contribution is 5.85. The smallest absolute Gasteiger partial charge is 0.225 e. The Labute approximate surface area is 136 Å². The molecule has 0 atom stereocenters. The van der Waals surface area contributed by atoms with E-state index in [9.17, 15) is 4.79 Å². The largest absolute Gasteiger partial charge is 0.345 e. The van der Waals surface area contributed by atoms with Crippen LogP contribution in [0, 0.1) is 11.8 Å². The standard InChI is InChI=1S/C21H17NO/c23-21(22-14-6-9-17-7-2-1-3-8-17)16-18-12-13-19-10-4-5-11-20(19)15-18/h1-5,7-8,10-13,15H,14,16H2,(H,22,23). The van der Waals surface area contributed by atoms with Gasteiger partial charge >= 0.3 is 0 Å². The van der Waals surface area contributed by atoms with Crippen molar-refractivity contribution in [3.05, 3.63) is 83.9 Å². The number of carbonyl (C=O) groups is 1. The van der Waals surface area contributed by atoms with E-state index in [0.717, 1.165) is 16.5 Å². The Morgan fingerprint density at radius 1 is 0.870 bits per heavy atom. The van der Waals surface area contributed by atoms with Gasteiger partial charge in [-0.3, -0.25) is 4.79 Å². The zero-order valence-corrected chi connectivity index (χ0v) is 12.8. The first-order valence-corrected chi connectivity index (χ1v) is 7.59. The fraction of sp³-hybridized carbons (Fsp3) is 0.0952. The second-order valence-electron chi connectivity index (χ2n) is 5.30. The molecule has 0 aromatic heterocycles. The normalized spacial score (nSPS) is 9.91. The summed E-state index contributed by atoms with van der Waals surface area (Å²) in [6.45, 7) is 0.362. The fourth-order valence-corrected chi connectivity index (χ4v) is 2.41. The summed E-state index contributed by atoms with van der Waals surface area (Å²) in [5, 5.41) is 5.18. The summed E-state index contributed by atoms with van der Waals surface area (Å²) >= 11 is 0. The Hall–Kier alpha value is -3.05. The molecule has 0 aliphatic rings. The lowest BCUT2D eigenvalue weighted by atomic mass is 10.1. The third kappa shape index (κ3) is 4.21.